The molecule has 0 atom stereocenters. The van der Waals surface area contributed by atoms with Crippen LogP contribution in [0.15, 0.2) is 0 Å². The Kier molecular flexibility index (Phi) is 57.1. The van der Waals surface area contributed by atoms with Crippen molar-refractivity contribution < 1.29 is 36.7 Å². The zero-order chi connectivity index (χ0) is 3.58. The van der Waals surface area contributed by atoms with Crippen LogP contribution in [0.3, 0.4) is 0 Å². The third kappa shape index (κ3) is 280. The van der Waals surface area contributed by atoms with Crippen molar-refractivity contribution in [2.45, 2.75) is 0 Å². The van der Waals surface area contributed by atoms with E-state index in [-0.39, 0.29) is 50.0 Å². The summed E-state index contributed by atoms with van der Waals surface area (Å²) in [6.07, 6.45) is -1.83. The molecule has 0 bridgehead atoms. The maximum Gasteiger partial charge on any atom is 0.503 e. The molecule has 3 nitrogen and oxygen atoms in total. The molecule has 0 aliphatic rings. The third-order valence-corrected chi connectivity index (χ3v) is 0. The van der Waals surface area contributed by atoms with E-state index < -0.39 is 6.16 Å². The Morgan fingerprint density at radius 1 is 1.29 bits per heavy atom. The Hall–Kier alpha value is 0.734. The molecule has 2 N–H and O–H groups in total. The zero-order valence-electron chi connectivity index (χ0n) is 4.30. The van der Waals surface area contributed by atoms with Crippen molar-refractivity contribution in [3.05, 3.63) is 0 Å². The first-order valence-electron chi connectivity index (χ1n) is 0.651. The van der Waals surface area contributed by atoms with Crippen LogP contribution in [0.1, 0.15) is 0 Å². The minimum Gasteiger partial charge on any atom is -0.450 e. The average molecular weight is 170 g/mol. The van der Waals surface area contributed by atoms with Gasteiger partial charge in [0.2, 0.25) is 0 Å². The van der Waals surface area contributed by atoms with Crippen LogP contribution in [0.4, 0.5) is 4.79 Å². The minimum atomic E-state index is -1.83. The first-order chi connectivity index (χ1) is 1.73. The first-order valence-corrected chi connectivity index (χ1v) is 0.651. The van der Waals surface area contributed by atoms with E-state index in [1.807, 2.05) is 0 Å². The Balaban J connectivity index is -0.0000000150. The zero-order valence-corrected chi connectivity index (χ0v) is 9.86. The van der Waals surface area contributed by atoms with E-state index in [4.69, 9.17) is 15.0 Å². The third-order valence-electron chi connectivity index (χ3n) is 0. The van der Waals surface area contributed by atoms with Crippen LogP contribution < -0.4 is 0 Å². The van der Waals surface area contributed by atoms with Crippen molar-refractivity contribution in [1.82, 2.24) is 0 Å². The summed E-state index contributed by atoms with van der Waals surface area (Å²) < 4.78 is 0. The Morgan fingerprint density at radius 2 is 1.29 bits per heavy atom. The number of carboxylic acid groups (broad SMARTS) is 2. The average Bonchev–Trinajstić information content (AvgIpc) is 0.811. The van der Waals surface area contributed by atoms with Crippen molar-refractivity contribution in [3.8, 4) is 0 Å². The monoisotopic (exact) mass is 170 g/mol. The molecule has 0 aliphatic carbocycles. The van der Waals surface area contributed by atoms with Crippen molar-refractivity contribution in [3.63, 3.8) is 0 Å². The molecule has 0 aromatic heterocycles. The van der Waals surface area contributed by atoms with Gasteiger partial charge in [-0.15, -0.1) is 0 Å². The number of hydrogen-bond donors (Lipinski definition) is 2. The molecule has 0 aliphatic heterocycles. The van der Waals surface area contributed by atoms with Gasteiger partial charge in [-0.05, 0) is 11.0 Å². The largest absolute Gasteiger partial charge is 0.503 e. The van der Waals surface area contributed by atoms with E-state index in [0.29, 0.717) is 0 Å². The standard InChI is InChI=1S/CH2O3.Al.H3Si.Ti.2H/c2-1(3)4;;;;;/h(H2,2,3,4);;1H3;;;. The summed E-state index contributed by atoms with van der Waals surface area (Å²) in [5.74, 6) is 0. The Morgan fingerprint density at radius 3 is 1.29 bits per heavy atom. The molecule has 0 heterocycles. The summed E-state index contributed by atoms with van der Waals surface area (Å²) >= 11 is 0. The molecule has 2 radical (unpaired) electrons. The fraction of sp³-hybridized carbons (Fsp3) is 0. The molecule has 0 unspecified atom stereocenters. The predicted octanol–water partition coefficient (Wildman–Crippen LogP) is -1.88. The summed E-state index contributed by atoms with van der Waals surface area (Å²) in [7, 11) is 0. The maximum atomic E-state index is 8.56. The molecule has 6 heteroatoms. The molecule has 0 amide bonds. The fourth-order valence-electron chi connectivity index (χ4n) is 0. The van der Waals surface area contributed by atoms with Crippen LogP contribution >= 0.6 is 0 Å². The van der Waals surface area contributed by atoms with E-state index in [1.165, 1.54) is 0 Å². The van der Waals surface area contributed by atoms with Gasteiger partial charge < -0.3 is 10.2 Å². The van der Waals surface area contributed by atoms with Crippen LogP contribution in [0.25, 0.3) is 0 Å². The van der Waals surface area contributed by atoms with Crippen LogP contribution in [-0.4, -0.2) is 44.7 Å². The maximum absolute atomic E-state index is 8.56. The van der Waals surface area contributed by atoms with Crippen LogP contribution in [0.5, 0.6) is 0 Å². The van der Waals surface area contributed by atoms with Gasteiger partial charge in [-0.3, -0.25) is 0 Å². The van der Waals surface area contributed by atoms with Gasteiger partial charge in [-0.1, -0.05) is 0 Å². The molecule has 40 valence electrons. The molecule has 0 saturated heterocycles. The molecule has 0 aromatic carbocycles. The van der Waals surface area contributed by atoms with E-state index in [1.54, 1.807) is 0 Å². The van der Waals surface area contributed by atoms with Gasteiger partial charge in [0.05, 0.1) is 0 Å². The summed E-state index contributed by atoms with van der Waals surface area (Å²) in [5, 5.41) is 13.9. The van der Waals surface area contributed by atoms with Gasteiger partial charge >= 0.3 is 6.16 Å². The molecule has 0 aromatic rings. The fourth-order valence-corrected chi connectivity index (χ4v) is 0. The second-order valence-corrected chi connectivity index (χ2v) is 0.283. The van der Waals surface area contributed by atoms with Crippen molar-refractivity contribution in [2.24, 2.45) is 0 Å². The van der Waals surface area contributed by atoms with Gasteiger partial charge in [-0.25, -0.2) is 4.79 Å². The van der Waals surface area contributed by atoms with E-state index in [9.17, 15) is 0 Å². The SMILES string of the molecule is O=C(O)O.[AlH2].[SiH3].[Ti]. The van der Waals surface area contributed by atoms with Crippen molar-refractivity contribution in [2.75, 3.05) is 0 Å². The summed E-state index contributed by atoms with van der Waals surface area (Å²) in [5.41, 5.74) is 0. The van der Waals surface area contributed by atoms with Crippen molar-refractivity contribution >= 4 is 34.5 Å². The van der Waals surface area contributed by atoms with Crippen molar-refractivity contribution in [1.29, 1.82) is 0 Å². The topological polar surface area (TPSA) is 57.5 Å². The second kappa shape index (κ2) is 15.9. The summed E-state index contributed by atoms with van der Waals surface area (Å²) in [6.45, 7) is 0. The van der Waals surface area contributed by atoms with Crippen LogP contribution in [0.2, 0.25) is 0 Å². The molecular weight excluding hydrogens is 163 g/mol. The Bertz CT molecular complexity index is 37.9. The number of carbonyl (C=O) groups is 1. The van der Waals surface area contributed by atoms with Gasteiger partial charge in [0.1, 0.15) is 17.4 Å². The molecule has 0 spiro atoms. The van der Waals surface area contributed by atoms with Gasteiger partial charge in [0, 0.05) is 21.7 Å². The van der Waals surface area contributed by atoms with E-state index in [0.717, 1.165) is 0 Å². The summed E-state index contributed by atoms with van der Waals surface area (Å²) in [6, 6.07) is 0. The van der Waals surface area contributed by atoms with Gasteiger partial charge in [-0.2, -0.15) is 0 Å². The smallest absolute Gasteiger partial charge is 0.450 e. The Labute approximate surface area is 71.1 Å². The van der Waals surface area contributed by atoms with Crippen LogP contribution in [0, 0.1) is 0 Å². The van der Waals surface area contributed by atoms with E-state index in [2.05, 4.69) is 0 Å². The quantitative estimate of drug-likeness (QED) is 0.418. The second-order valence-electron chi connectivity index (χ2n) is 0.283. The minimum absolute atomic E-state index is 0. The molecule has 0 saturated carbocycles. The number of hydrogen-bond acceptors (Lipinski definition) is 1. The van der Waals surface area contributed by atoms with Gasteiger partial charge in [0.15, 0.2) is 0 Å². The molecule has 0 rings (SSSR count). The van der Waals surface area contributed by atoms with Crippen LogP contribution in [-0.2, 0) is 21.7 Å². The number of rotatable bonds is 0. The molecular formula is CH7AlO3SiTi. The molecule has 0 fully saturated rings. The van der Waals surface area contributed by atoms with Gasteiger partial charge in [0.25, 0.3) is 0 Å². The normalized spacial score (nSPS) is 3.43. The summed E-state index contributed by atoms with van der Waals surface area (Å²) in [4.78, 5) is 8.56. The molecule has 7 heavy (non-hydrogen) atoms. The first kappa shape index (κ1) is 25.2. The predicted molar refractivity (Wildman–Crippen MR) is 29.1 cm³/mol. The van der Waals surface area contributed by atoms with E-state index >= 15 is 0 Å².